The van der Waals surface area contributed by atoms with Crippen molar-refractivity contribution >= 4 is 11.6 Å². The summed E-state index contributed by atoms with van der Waals surface area (Å²) in [4.78, 5) is 2.09. The normalized spacial score (nSPS) is 12.2. The topological polar surface area (TPSA) is 50.4 Å². The molecule has 26 heavy (non-hydrogen) atoms. The van der Waals surface area contributed by atoms with Gasteiger partial charge in [0.1, 0.15) is 11.5 Å². The standard InChI is InChI=1S/C20H20ClN3O2/c1-24(2)9-10-25-12-16-19-14-5-3-4-6-17(14)26-18-8-7-13(21)11-15(18)20(19)23-22-16/h3-8,11H,9-10,12H2,1-2H3,(H,22,23). The van der Waals surface area contributed by atoms with E-state index in [1.54, 1.807) is 0 Å². The summed E-state index contributed by atoms with van der Waals surface area (Å²) in [6, 6.07) is 13.6. The van der Waals surface area contributed by atoms with Gasteiger partial charge in [-0.15, -0.1) is 0 Å². The summed E-state index contributed by atoms with van der Waals surface area (Å²) in [7, 11) is 4.05. The lowest BCUT2D eigenvalue weighted by molar-refractivity contribution is 0.103. The number of rotatable bonds is 5. The Morgan fingerprint density at radius 2 is 1.92 bits per heavy atom. The van der Waals surface area contributed by atoms with Gasteiger partial charge in [0.15, 0.2) is 0 Å². The second-order valence-corrected chi connectivity index (χ2v) is 6.95. The molecule has 5 nitrogen and oxygen atoms in total. The zero-order chi connectivity index (χ0) is 18.1. The molecule has 1 aromatic heterocycles. The van der Waals surface area contributed by atoms with Gasteiger partial charge < -0.3 is 14.4 Å². The highest BCUT2D eigenvalue weighted by molar-refractivity contribution is 6.31. The van der Waals surface area contributed by atoms with Gasteiger partial charge in [0.2, 0.25) is 0 Å². The van der Waals surface area contributed by atoms with Gasteiger partial charge in [-0.05, 0) is 38.4 Å². The molecule has 1 aliphatic heterocycles. The Kier molecular flexibility index (Phi) is 4.68. The second kappa shape index (κ2) is 7.11. The minimum atomic E-state index is 0.434. The average molecular weight is 370 g/mol. The molecule has 0 amide bonds. The molecule has 134 valence electrons. The minimum Gasteiger partial charge on any atom is -0.456 e. The molecule has 0 spiro atoms. The minimum absolute atomic E-state index is 0.434. The largest absolute Gasteiger partial charge is 0.456 e. The Balaban J connectivity index is 1.77. The maximum Gasteiger partial charge on any atom is 0.136 e. The summed E-state index contributed by atoms with van der Waals surface area (Å²) in [5.74, 6) is 1.55. The van der Waals surface area contributed by atoms with Crippen LogP contribution in [0, 0.1) is 0 Å². The van der Waals surface area contributed by atoms with Crippen molar-refractivity contribution in [1.82, 2.24) is 15.1 Å². The molecular formula is C20H20ClN3O2. The van der Waals surface area contributed by atoms with E-state index in [9.17, 15) is 0 Å². The lowest BCUT2D eigenvalue weighted by atomic mass is 9.99. The smallest absolute Gasteiger partial charge is 0.136 e. The molecule has 0 atom stereocenters. The molecule has 4 rings (SSSR count). The molecule has 0 saturated carbocycles. The summed E-state index contributed by atoms with van der Waals surface area (Å²) in [5, 5.41) is 8.34. The summed E-state index contributed by atoms with van der Waals surface area (Å²) < 4.78 is 12.0. The van der Waals surface area contributed by atoms with E-state index in [0.29, 0.717) is 18.2 Å². The summed E-state index contributed by atoms with van der Waals surface area (Å²) in [6.07, 6.45) is 0. The zero-order valence-corrected chi connectivity index (χ0v) is 15.5. The first-order chi connectivity index (χ1) is 12.6. The number of aromatic amines is 1. The summed E-state index contributed by atoms with van der Waals surface area (Å²) in [5.41, 5.74) is 4.67. The van der Waals surface area contributed by atoms with Crippen LogP contribution >= 0.6 is 11.6 Å². The van der Waals surface area contributed by atoms with Crippen molar-refractivity contribution in [3.05, 3.63) is 53.2 Å². The van der Waals surface area contributed by atoms with Gasteiger partial charge in [-0.2, -0.15) is 5.10 Å². The molecular weight excluding hydrogens is 350 g/mol. The van der Waals surface area contributed by atoms with Crippen LogP contribution in [-0.4, -0.2) is 42.3 Å². The molecule has 1 N–H and O–H groups in total. The number of nitrogens with one attached hydrogen (secondary N) is 1. The molecule has 0 saturated heterocycles. The van der Waals surface area contributed by atoms with Gasteiger partial charge in [-0.3, -0.25) is 5.10 Å². The van der Waals surface area contributed by atoms with E-state index in [1.165, 1.54) is 0 Å². The first kappa shape index (κ1) is 17.1. The fraction of sp³-hybridized carbons (Fsp3) is 0.250. The van der Waals surface area contributed by atoms with Crippen molar-refractivity contribution in [2.45, 2.75) is 6.61 Å². The fourth-order valence-corrected chi connectivity index (χ4v) is 3.22. The zero-order valence-electron chi connectivity index (χ0n) is 14.8. The Morgan fingerprint density at radius 1 is 1.12 bits per heavy atom. The van der Waals surface area contributed by atoms with Crippen LogP contribution in [0.5, 0.6) is 11.5 Å². The lowest BCUT2D eigenvalue weighted by Gasteiger charge is -2.11. The van der Waals surface area contributed by atoms with Crippen molar-refractivity contribution in [3.63, 3.8) is 0 Å². The van der Waals surface area contributed by atoms with Gasteiger partial charge in [0.05, 0.1) is 24.6 Å². The molecule has 2 aromatic carbocycles. The average Bonchev–Trinajstić information content (AvgIpc) is 2.98. The molecule has 0 bridgehead atoms. The van der Waals surface area contributed by atoms with Gasteiger partial charge in [-0.1, -0.05) is 29.8 Å². The Bertz CT molecular complexity index is 937. The number of benzene rings is 2. The van der Waals surface area contributed by atoms with Crippen molar-refractivity contribution in [2.24, 2.45) is 0 Å². The monoisotopic (exact) mass is 369 g/mol. The highest BCUT2D eigenvalue weighted by Gasteiger charge is 2.25. The third kappa shape index (κ3) is 3.21. The van der Waals surface area contributed by atoms with Crippen LogP contribution < -0.4 is 4.74 Å². The van der Waals surface area contributed by atoms with Crippen LogP contribution in [-0.2, 0) is 11.3 Å². The van der Waals surface area contributed by atoms with E-state index in [4.69, 9.17) is 21.1 Å². The highest BCUT2D eigenvalue weighted by Crippen LogP contribution is 2.47. The number of hydrogen-bond acceptors (Lipinski definition) is 4. The number of hydrogen-bond donors (Lipinski definition) is 1. The number of aromatic nitrogens is 2. The molecule has 0 unspecified atom stereocenters. The van der Waals surface area contributed by atoms with Gasteiger partial charge in [-0.25, -0.2) is 0 Å². The molecule has 0 aliphatic carbocycles. The van der Waals surface area contributed by atoms with E-state index in [0.717, 1.165) is 46.1 Å². The molecule has 0 radical (unpaired) electrons. The number of ether oxygens (including phenoxy) is 2. The number of nitrogens with zero attached hydrogens (tertiary/aromatic N) is 2. The van der Waals surface area contributed by atoms with E-state index in [1.807, 2.05) is 56.6 Å². The van der Waals surface area contributed by atoms with Crippen molar-refractivity contribution in [3.8, 4) is 33.9 Å². The SMILES string of the molecule is CN(C)CCOCc1n[nH]c2c1-c1ccccc1Oc1ccc(Cl)cc1-2. The Hall–Kier alpha value is -2.34. The molecule has 6 heteroatoms. The number of para-hydroxylation sites is 1. The third-order valence-electron chi connectivity index (χ3n) is 4.35. The predicted octanol–water partition coefficient (Wildman–Crippen LogP) is 4.58. The molecule has 0 fully saturated rings. The second-order valence-electron chi connectivity index (χ2n) is 6.51. The third-order valence-corrected chi connectivity index (χ3v) is 4.59. The first-order valence-electron chi connectivity index (χ1n) is 8.50. The van der Waals surface area contributed by atoms with Gasteiger partial charge in [0, 0.05) is 28.3 Å². The maximum atomic E-state index is 6.23. The van der Waals surface area contributed by atoms with Crippen LogP contribution in [0.25, 0.3) is 22.4 Å². The molecule has 1 aliphatic rings. The van der Waals surface area contributed by atoms with Crippen LogP contribution in [0.2, 0.25) is 5.02 Å². The first-order valence-corrected chi connectivity index (χ1v) is 8.88. The van der Waals surface area contributed by atoms with Crippen LogP contribution in [0.3, 0.4) is 0 Å². The number of likely N-dealkylation sites (N-methyl/N-ethyl adjacent to an activating group) is 1. The lowest BCUT2D eigenvalue weighted by Crippen LogP contribution is -2.18. The number of fused-ring (bicyclic) bond motifs is 5. The van der Waals surface area contributed by atoms with Crippen molar-refractivity contribution in [2.75, 3.05) is 27.2 Å². The molecule has 2 heterocycles. The Morgan fingerprint density at radius 3 is 2.77 bits per heavy atom. The maximum absolute atomic E-state index is 6.23. The molecule has 3 aromatic rings. The van der Waals surface area contributed by atoms with Crippen LogP contribution in [0.4, 0.5) is 0 Å². The van der Waals surface area contributed by atoms with E-state index in [-0.39, 0.29) is 0 Å². The van der Waals surface area contributed by atoms with E-state index >= 15 is 0 Å². The van der Waals surface area contributed by atoms with Crippen molar-refractivity contribution < 1.29 is 9.47 Å². The van der Waals surface area contributed by atoms with Crippen LogP contribution in [0.1, 0.15) is 5.69 Å². The van der Waals surface area contributed by atoms with Crippen molar-refractivity contribution in [1.29, 1.82) is 0 Å². The van der Waals surface area contributed by atoms with Crippen LogP contribution in [0.15, 0.2) is 42.5 Å². The predicted molar refractivity (Wildman–Crippen MR) is 103 cm³/mol. The summed E-state index contributed by atoms with van der Waals surface area (Å²) >= 11 is 6.23. The summed E-state index contributed by atoms with van der Waals surface area (Å²) in [6.45, 7) is 1.95. The van der Waals surface area contributed by atoms with E-state index < -0.39 is 0 Å². The van der Waals surface area contributed by atoms with Gasteiger partial charge in [0.25, 0.3) is 0 Å². The Labute approximate surface area is 157 Å². The number of H-pyrrole nitrogens is 1. The fourth-order valence-electron chi connectivity index (χ4n) is 3.05. The van der Waals surface area contributed by atoms with Gasteiger partial charge >= 0.3 is 0 Å². The highest BCUT2D eigenvalue weighted by atomic mass is 35.5. The quantitative estimate of drug-likeness (QED) is 0.523. The van der Waals surface area contributed by atoms with E-state index in [2.05, 4.69) is 15.1 Å². The number of halogens is 1.